The van der Waals surface area contributed by atoms with E-state index < -0.39 is 0 Å². The van der Waals surface area contributed by atoms with Gasteiger partial charge in [-0.1, -0.05) is 53.2 Å². The number of hydrogen-bond acceptors (Lipinski definition) is 6. The molecule has 3 aromatic rings. The molecule has 0 saturated heterocycles. The Morgan fingerprint density at radius 2 is 1.65 bits per heavy atom. The molecule has 1 heterocycles. The van der Waals surface area contributed by atoms with Crippen LogP contribution < -0.4 is 16.0 Å². The van der Waals surface area contributed by atoms with E-state index in [1.807, 2.05) is 19.9 Å². The van der Waals surface area contributed by atoms with Crippen molar-refractivity contribution in [1.82, 2.24) is 15.5 Å². The molecular weight excluding hydrogens is 518 g/mol. The molecule has 0 unspecified atom stereocenters. The first kappa shape index (κ1) is 25.5. The molecule has 3 N–H and O–H groups in total. The van der Waals surface area contributed by atoms with E-state index in [4.69, 9.17) is 0 Å². The lowest BCUT2D eigenvalue weighted by Gasteiger charge is -2.13. The van der Waals surface area contributed by atoms with E-state index in [0.29, 0.717) is 39.9 Å². The van der Waals surface area contributed by atoms with Gasteiger partial charge in [-0.3, -0.25) is 19.7 Å². The average Bonchev–Trinajstić information content (AvgIpc) is 3.27. The number of amides is 3. The molecule has 0 aliphatic heterocycles. The highest BCUT2D eigenvalue weighted by molar-refractivity contribution is 9.10. The third-order valence-electron chi connectivity index (χ3n) is 5.15. The zero-order chi connectivity index (χ0) is 24.5. The number of rotatable bonds is 10. The predicted octanol–water partition coefficient (Wildman–Crippen LogP) is 4.90. The van der Waals surface area contributed by atoms with Crippen LogP contribution >= 0.6 is 27.3 Å². The van der Waals surface area contributed by atoms with Gasteiger partial charge in [0.05, 0.1) is 0 Å². The van der Waals surface area contributed by atoms with Gasteiger partial charge in [-0.25, -0.2) is 0 Å². The van der Waals surface area contributed by atoms with Gasteiger partial charge in [0.25, 0.3) is 11.8 Å². The highest BCUT2D eigenvalue weighted by Gasteiger charge is 2.16. The fourth-order valence-electron chi connectivity index (χ4n) is 3.23. The van der Waals surface area contributed by atoms with Gasteiger partial charge in [0.1, 0.15) is 5.01 Å². The minimum atomic E-state index is -0.343. The normalized spacial score (nSPS) is 10.7. The Morgan fingerprint density at radius 1 is 0.941 bits per heavy atom. The van der Waals surface area contributed by atoms with E-state index in [-0.39, 0.29) is 23.6 Å². The Labute approximate surface area is 210 Å². The number of nitrogens with one attached hydrogen (secondary N) is 3. The van der Waals surface area contributed by atoms with Crippen LogP contribution in [0.5, 0.6) is 0 Å². The molecule has 0 fully saturated rings. The van der Waals surface area contributed by atoms with Crippen LogP contribution in [0.4, 0.5) is 10.8 Å². The summed E-state index contributed by atoms with van der Waals surface area (Å²) in [5.41, 5.74) is 1.54. The maximum absolute atomic E-state index is 12.6. The molecule has 0 bridgehead atoms. The smallest absolute Gasteiger partial charge is 0.257 e. The minimum Gasteiger partial charge on any atom is -0.352 e. The summed E-state index contributed by atoms with van der Waals surface area (Å²) in [6.07, 6.45) is 2.01. The Hall–Kier alpha value is -3.11. The van der Waals surface area contributed by atoms with Crippen molar-refractivity contribution in [3.63, 3.8) is 0 Å². The Morgan fingerprint density at radius 3 is 2.35 bits per heavy atom. The molecule has 0 saturated carbocycles. The van der Waals surface area contributed by atoms with Crippen LogP contribution in [0.3, 0.4) is 0 Å². The van der Waals surface area contributed by atoms with Gasteiger partial charge in [0, 0.05) is 40.2 Å². The number of benzene rings is 2. The molecular formula is C24H26BrN5O3S. The number of carbonyl (C=O) groups is 3. The number of nitrogens with zero attached hydrogens (tertiary/aromatic N) is 2. The van der Waals surface area contributed by atoms with Crippen LogP contribution in [0.15, 0.2) is 53.0 Å². The van der Waals surface area contributed by atoms with E-state index >= 15 is 0 Å². The van der Waals surface area contributed by atoms with Crippen molar-refractivity contribution in [1.29, 1.82) is 0 Å². The fourth-order valence-corrected chi connectivity index (χ4v) is 4.36. The first-order chi connectivity index (χ1) is 16.4. The van der Waals surface area contributed by atoms with E-state index in [0.717, 1.165) is 17.3 Å². The molecule has 3 rings (SSSR count). The largest absolute Gasteiger partial charge is 0.352 e. The zero-order valence-electron chi connectivity index (χ0n) is 18.9. The van der Waals surface area contributed by atoms with Gasteiger partial charge in [0.2, 0.25) is 11.0 Å². The third kappa shape index (κ3) is 7.19. The molecule has 0 atom stereocenters. The summed E-state index contributed by atoms with van der Waals surface area (Å²) in [6, 6.07) is 13.9. The van der Waals surface area contributed by atoms with Gasteiger partial charge in [-0.15, -0.1) is 10.2 Å². The van der Waals surface area contributed by atoms with Crippen molar-refractivity contribution in [3.05, 3.63) is 69.1 Å². The molecule has 0 aliphatic rings. The van der Waals surface area contributed by atoms with Gasteiger partial charge in [0.15, 0.2) is 0 Å². The molecule has 3 amide bonds. The van der Waals surface area contributed by atoms with Crippen LogP contribution in [-0.4, -0.2) is 34.5 Å². The second-order valence-electron chi connectivity index (χ2n) is 7.55. The lowest BCUT2D eigenvalue weighted by Crippen LogP contribution is -2.25. The maximum Gasteiger partial charge on any atom is 0.257 e. The van der Waals surface area contributed by atoms with Crippen molar-refractivity contribution >= 4 is 55.8 Å². The van der Waals surface area contributed by atoms with E-state index in [1.54, 1.807) is 42.5 Å². The summed E-state index contributed by atoms with van der Waals surface area (Å²) in [5.74, 6) is -0.625. The van der Waals surface area contributed by atoms with Gasteiger partial charge in [-0.05, 0) is 49.2 Å². The minimum absolute atomic E-state index is 0.0525. The van der Waals surface area contributed by atoms with Gasteiger partial charge < -0.3 is 10.6 Å². The number of anilines is 2. The zero-order valence-corrected chi connectivity index (χ0v) is 21.3. The molecule has 10 heteroatoms. The van der Waals surface area contributed by atoms with Crippen LogP contribution in [0.1, 0.15) is 52.4 Å². The number of hydrogen-bond donors (Lipinski definition) is 3. The fraction of sp³-hybridized carbons (Fsp3) is 0.292. The van der Waals surface area contributed by atoms with Crippen LogP contribution in [0.2, 0.25) is 0 Å². The molecule has 0 aliphatic carbocycles. The Kier molecular flexibility index (Phi) is 9.29. The SMILES string of the molecule is CCC(CC)C(=O)Nc1cccc(C(=O)Nc2nnc(CCNC(=O)c3cccc(Br)c3)s2)c1. The molecule has 34 heavy (non-hydrogen) atoms. The summed E-state index contributed by atoms with van der Waals surface area (Å²) in [4.78, 5) is 37.2. The van der Waals surface area contributed by atoms with E-state index in [1.165, 1.54) is 11.3 Å². The summed E-state index contributed by atoms with van der Waals surface area (Å²) in [5, 5.41) is 17.6. The molecule has 1 aromatic heterocycles. The Balaban J connectivity index is 1.52. The lowest BCUT2D eigenvalue weighted by atomic mass is 10.0. The van der Waals surface area contributed by atoms with E-state index in [9.17, 15) is 14.4 Å². The number of aromatic nitrogens is 2. The number of carbonyl (C=O) groups excluding carboxylic acids is 3. The van der Waals surface area contributed by atoms with Gasteiger partial charge >= 0.3 is 0 Å². The predicted molar refractivity (Wildman–Crippen MR) is 137 cm³/mol. The maximum atomic E-state index is 12.6. The van der Waals surface area contributed by atoms with Crippen LogP contribution in [-0.2, 0) is 11.2 Å². The average molecular weight is 544 g/mol. The second-order valence-corrected chi connectivity index (χ2v) is 9.53. The quantitative estimate of drug-likeness (QED) is 0.336. The van der Waals surface area contributed by atoms with Crippen molar-refractivity contribution in [2.24, 2.45) is 5.92 Å². The summed E-state index contributed by atoms with van der Waals surface area (Å²) >= 11 is 4.60. The second kappa shape index (κ2) is 12.4. The highest BCUT2D eigenvalue weighted by Crippen LogP contribution is 2.19. The van der Waals surface area contributed by atoms with Crippen molar-refractivity contribution in [2.75, 3.05) is 17.2 Å². The molecule has 0 spiro atoms. The molecule has 178 valence electrons. The summed E-state index contributed by atoms with van der Waals surface area (Å²) in [6.45, 7) is 4.35. The lowest BCUT2D eigenvalue weighted by molar-refractivity contribution is -0.120. The third-order valence-corrected chi connectivity index (χ3v) is 6.54. The van der Waals surface area contributed by atoms with E-state index in [2.05, 4.69) is 42.1 Å². The van der Waals surface area contributed by atoms with Crippen molar-refractivity contribution < 1.29 is 14.4 Å². The summed E-state index contributed by atoms with van der Waals surface area (Å²) in [7, 11) is 0. The molecule has 2 aromatic carbocycles. The summed E-state index contributed by atoms with van der Waals surface area (Å²) < 4.78 is 0.837. The molecule has 8 nitrogen and oxygen atoms in total. The van der Waals surface area contributed by atoms with Crippen LogP contribution in [0, 0.1) is 5.92 Å². The highest BCUT2D eigenvalue weighted by atomic mass is 79.9. The first-order valence-corrected chi connectivity index (χ1v) is 12.6. The van der Waals surface area contributed by atoms with Crippen LogP contribution in [0.25, 0.3) is 0 Å². The van der Waals surface area contributed by atoms with Crippen molar-refractivity contribution in [3.8, 4) is 0 Å². The molecule has 0 radical (unpaired) electrons. The number of halogens is 1. The topological polar surface area (TPSA) is 113 Å². The van der Waals surface area contributed by atoms with Gasteiger partial charge in [-0.2, -0.15) is 0 Å². The monoisotopic (exact) mass is 543 g/mol. The van der Waals surface area contributed by atoms with Crippen molar-refractivity contribution in [2.45, 2.75) is 33.1 Å². The Bertz CT molecular complexity index is 1160. The standard InChI is InChI=1S/C24H26BrN5O3S/c1-3-15(4-2)22(32)27-19-10-6-8-17(14-19)23(33)28-24-30-29-20(34-24)11-12-26-21(31)16-7-5-9-18(25)13-16/h5-10,13-15H,3-4,11-12H2,1-2H3,(H,26,31)(H,27,32)(H,28,30,33). The first-order valence-electron chi connectivity index (χ1n) is 11.0.